The van der Waals surface area contributed by atoms with Crippen molar-refractivity contribution >= 4 is 23.6 Å². The molecule has 1 atom stereocenters. The van der Waals surface area contributed by atoms with E-state index in [0.717, 1.165) is 23.7 Å². The van der Waals surface area contributed by atoms with Crippen LogP contribution < -0.4 is 5.32 Å². The zero-order chi connectivity index (χ0) is 22.5. The third kappa shape index (κ3) is 6.12. The average Bonchev–Trinajstić information content (AvgIpc) is 3.20. The van der Waals surface area contributed by atoms with Crippen molar-refractivity contribution in [2.45, 2.75) is 58.7 Å². The SMILES string of the molecule is Cc1cc(C)cc(-n2ccnc2SCC(=O)N2CCC(C(=O)NC(C)C(C)C)CC2)c1. The number of carbonyl (C=O) groups excluding carboxylic acids is 2. The number of benzene rings is 1. The molecular weight excluding hydrogens is 408 g/mol. The molecule has 31 heavy (non-hydrogen) atoms. The molecule has 1 aliphatic heterocycles. The lowest BCUT2D eigenvalue weighted by atomic mass is 9.95. The second kappa shape index (κ2) is 10.4. The van der Waals surface area contributed by atoms with E-state index in [1.165, 1.54) is 22.9 Å². The van der Waals surface area contributed by atoms with E-state index in [4.69, 9.17) is 0 Å². The molecule has 1 fully saturated rings. The fourth-order valence-corrected chi connectivity index (χ4v) is 4.68. The summed E-state index contributed by atoms with van der Waals surface area (Å²) in [6, 6.07) is 6.56. The molecule has 1 unspecified atom stereocenters. The van der Waals surface area contributed by atoms with Gasteiger partial charge < -0.3 is 10.2 Å². The van der Waals surface area contributed by atoms with Gasteiger partial charge in [-0.15, -0.1) is 0 Å². The number of aromatic nitrogens is 2. The van der Waals surface area contributed by atoms with Crippen molar-refractivity contribution in [3.8, 4) is 5.69 Å². The molecule has 0 aliphatic carbocycles. The van der Waals surface area contributed by atoms with Crippen molar-refractivity contribution in [1.29, 1.82) is 0 Å². The van der Waals surface area contributed by atoms with Crippen LogP contribution in [0.2, 0.25) is 0 Å². The quantitative estimate of drug-likeness (QED) is 0.659. The average molecular weight is 443 g/mol. The third-order valence-corrected chi connectivity index (χ3v) is 6.96. The lowest BCUT2D eigenvalue weighted by Crippen LogP contribution is -2.46. The Hall–Kier alpha value is -2.28. The summed E-state index contributed by atoms with van der Waals surface area (Å²) in [6.45, 7) is 11.7. The van der Waals surface area contributed by atoms with Gasteiger partial charge >= 0.3 is 0 Å². The monoisotopic (exact) mass is 442 g/mol. The lowest BCUT2D eigenvalue weighted by Gasteiger charge is -2.32. The van der Waals surface area contributed by atoms with Crippen molar-refractivity contribution in [2.75, 3.05) is 18.8 Å². The van der Waals surface area contributed by atoms with Gasteiger partial charge in [-0.1, -0.05) is 31.7 Å². The standard InChI is InChI=1S/C24H34N4O2S/c1-16(2)19(5)26-23(30)20-6-9-27(10-7-20)22(29)15-31-24-25-8-11-28(24)21-13-17(3)12-18(4)14-21/h8,11-14,16,19-20H,6-7,9-10,15H2,1-5H3,(H,26,30). The molecule has 1 N–H and O–H groups in total. The van der Waals surface area contributed by atoms with Gasteiger partial charge in [-0.05, 0) is 62.8 Å². The first kappa shape index (κ1) is 23.4. The van der Waals surface area contributed by atoms with E-state index >= 15 is 0 Å². The largest absolute Gasteiger partial charge is 0.353 e. The first-order valence-corrected chi connectivity index (χ1v) is 12.1. The number of amides is 2. The highest BCUT2D eigenvalue weighted by Gasteiger charge is 2.28. The van der Waals surface area contributed by atoms with Crippen molar-refractivity contribution in [1.82, 2.24) is 19.8 Å². The minimum atomic E-state index is 0.00126. The second-order valence-electron chi connectivity index (χ2n) is 8.91. The van der Waals surface area contributed by atoms with E-state index in [-0.39, 0.29) is 23.8 Å². The first-order valence-electron chi connectivity index (χ1n) is 11.1. The molecule has 2 amide bonds. The molecule has 3 rings (SSSR count). The maximum absolute atomic E-state index is 12.8. The summed E-state index contributed by atoms with van der Waals surface area (Å²) >= 11 is 1.46. The van der Waals surface area contributed by atoms with Crippen LogP contribution in [0.15, 0.2) is 35.7 Å². The van der Waals surface area contributed by atoms with Crippen molar-refractivity contribution in [3.63, 3.8) is 0 Å². The van der Waals surface area contributed by atoms with E-state index in [1.807, 2.05) is 22.6 Å². The number of nitrogens with one attached hydrogen (secondary N) is 1. The van der Waals surface area contributed by atoms with Crippen molar-refractivity contribution in [3.05, 3.63) is 41.7 Å². The Morgan fingerprint density at radius 1 is 1.13 bits per heavy atom. The molecule has 0 bridgehead atoms. The predicted molar refractivity (Wildman–Crippen MR) is 126 cm³/mol. The van der Waals surface area contributed by atoms with Gasteiger partial charge in [0.2, 0.25) is 11.8 Å². The third-order valence-electron chi connectivity index (χ3n) is 6.00. The molecule has 7 heteroatoms. The molecule has 1 saturated heterocycles. The van der Waals surface area contributed by atoms with Gasteiger partial charge in [0, 0.05) is 43.1 Å². The highest BCUT2D eigenvalue weighted by molar-refractivity contribution is 7.99. The normalized spacial score (nSPS) is 15.9. The fourth-order valence-electron chi connectivity index (χ4n) is 3.80. The van der Waals surface area contributed by atoms with Gasteiger partial charge in [-0.25, -0.2) is 4.98 Å². The molecule has 0 saturated carbocycles. The number of thioether (sulfide) groups is 1. The van der Waals surface area contributed by atoms with E-state index in [2.05, 4.69) is 56.2 Å². The van der Waals surface area contributed by atoms with E-state index in [1.54, 1.807) is 6.20 Å². The zero-order valence-corrected chi connectivity index (χ0v) is 20.0. The van der Waals surface area contributed by atoms with E-state index < -0.39 is 0 Å². The van der Waals surface area contributed by atoms with Crippen LogP contribution in [0.4, 0.5) is 0 Å². The molecule has 1 aromatic carbocycles. The van der Waals surface area contributed by atoms with Crippen molar-refractivity contribution < 1.29 is 9.59 Å². The minimum Gasteiger partial charge on any atom is -0.353 e. The number of hydrogen-bond acceptors (Lipinski definition) is 4. The van der Waals surface area contributed by atoms with E-state index in [9.17, 15) is 9.59 Å². The number of piperidine rings is 1. The number of rotatable bonds is 7. The van der Waals surface area contributed by atoms with Gasteiger partial charge in [0.15, 0.2) is 5.16 Å². The maximum atomic E-state index is 12.8. The Kier molecular flexibility index (Phi) is 7.81. The Labute approximate surface area is 189 Å². The number of hydrogen-bond donors (Lipinski definition) is 1. The van der Waals surface area contributed by atoms with Gasteiger partial charge in [-0.2, -0.15) is 0 Å². The highest BCUT2D eigenvalue weighted by Crippen LogP contribution is 2.24. The summed E-state index contributed by atoms with van der Waals surface area (Å²) in [5.41, 5.74) is 3.46. The molecule has 0 radical (unpaired) electrons. The Balaban J connectivity index is 1.52. The van der Waals surface area contributed by atoms with Gasteiger partial charge in [-0.3, -0.25) is 14.2 Å². The topological polar surface area (TPSA) is 67.2 Å². The van der Waals surface area contributed by atoms with Gasteiger partial charge in [0.1, 0.15) is 0 Å². The minimum absolute atomic E-state index is 0.00126. The van der Waals surface area contributed by atoms with E-state index in [0.29, 0.717) is 24.8 Å². The van der Waals surface area contributed by atoms with Crippen LogP contribution in [0.5, 0.6) is 0 Å². The lowest BCUT2D eigenvalue weighted by molar-refractivity contribution is -0.134. The molecule has 1 aliphatic rings. The second-order valence-corrected chi connectivity index (χ2v) is 9.85. The van der Waals surface area contributed by atoms with Crippen LogP contribution in [0.25, 0.3) is 5.69 Å². The maximum Gasteiger partial charge on any atom is 0.233 e. The fraction of sp³-hybridized carbons (Fsp3) is 0.542. The van der Waals surface area contributed by atoms with Crippen LogP contribution in [-0.2, 0) is 9.59 Å². The molecule has 0 spiro atoms. The first-order chi connectivity index (χ1) is 14.7. The number of aryl methyl sites for hydroxylation is 2. The van der Waals surface area contributed by atoms with Gasteiger partial charge in [0.05, 0.1) is 5.75 Å². The molecule has 168 valence electrons. The molecule has 1 aromatic heterocycles. The summed E-state index contributed by atoms with van der Waals surface area (Å²) in [5.74, 6) is 0.996. The summed E-state index contributed by atoms with van der Waals surface area (Å²) in [7, 11) is 0. The predicted octanol–water partition coefficient (Wildman–Crippen LogP) is 3.98. The zero-order valence-electron chi connectivity index (χ0n) is 19.2. The smallest absolute Gasteiger partial charge is 0.233 e. The Morgan fingerprint density at radius 2 is 1.77 bits per heavy atom. The molecular formula is C24H34N4O2S. The van der Waals surface area contributed by atoms with Crippen LogP contribution >= 0.6 is 11.8 Å². The summed E-state index contributed by atoms with van der Waals surface area (Å²) in [6.07, 6.45) is 5.16. The summed E-state index contributed by atoms with van der Waals surface area (Å²) in [4.78, 5) is 31.6. The van der Waals surface area contributed by atoms with Crippen LogP contribution in [-0.4, -0.2) is 51.1 Å². The molecule has 6 nitrogen and oxygen atoms in total. The van der Waals surface area contributed by atoms with Crippen LogP contribution in [0.3, 0.4) is 0 Å². The van der Waals surface area contributed by atoms with Crippen LogP contribution in [0.1, 0.15) is 44.7 Å². The summed E-state index contributed by atoms with van der Waals surface area (Å²) < 4.78 is 2.03. The Morgan fingerprint density at radius 3 is 2.39 bits per heavy atom. The highest BCUT2D eigenvalue weighted by atomic mass is 32.2. The van der Waals surface area contributed by atoms with Gasteiger partial charge in [0.25, 0.3) is 0 Å². The van der Waals surface area contributed by atoms with Crippen LogP contribution in [0, 0.1) is 25.7 Å². The Bertz CT molecular complexity index is 896. The molecule has 2 aromatic rings. The summed E-state index contributed by atoms with van der Waals surface area (Å²) in [5, 5.41) is 3.92. The number of imidazole rings is 1. The number of carbonyl (C=O) groups is 2. The van der Waals surface area contributed by atoms with Crippen molar-refractivity contribution in [2.24, 2.45) is 11.8 Å². The molecule has 2 heterocycles. The number of likely N-dealkylation sites (tertiary alicyclic amines) is 1. The number of nitrogens with zero attached hydrogens (tertiary/aromatic N) is 3.